The van der Waals surface area contributed by atoms with Gasteiger partial charge in [0.25, 0.3) is 0 Å². The van der Waals surface area contributed by atoms with Crippen LogP contribution < -0.4 is 0 Å². The largest absolute Gasteiger partial charge is 0 e. The molecule has 0 nitrogen and oxygen atoms in total. The van der Waals surface area contributed by atoms with Gasteiger partial charge >= 0.3 is 0 Å². The molecule has 0 aliphatic carbocycles. The molecule has 0 amide bonds. The molecule has 35 valence electrons. The van der Waals surface area contributed by atoms with Crippen LogP contribution in [0.4, 0.5) is 0 Å². The summed E-state index contributed by atoms with van der Waals surface area (Å²) in [5, 5.41) is 0. The maximum atomic E-state index is 0. The topological polar surface area (TPSA) is 0 Å². The van der Waals surface area contributed by atoms with Crippen molar-refractivity contribution in [2.24, 2.45) is 0 Å². The average Bonchev–Trinajstić information content (AvgIpc) is 0. The number of hydrogen-bond donors (Lipinski definition) is 0. The van der Waals surface area contributed by atoms with Crippen LogP contribution in [0.25, 0.3) is 0 Å². The Morgan fingerprint density at radius 1 is 0.750 bits per heavy atom. The van der Waals surface area contributed by atoms with Gasteiger partial charge < -0.3 is 0 Å². The fourth-order valence-corrected chi connectivity index (χ4v) is 0. The third kappa shape index (κ3) is 8.83. The molecule has 0 heterocycles. The smallest absolute Gasteiger partial charge is 0 e. The van der Waals surface area contributed by atoms with E-state index in [0.717, 1.165) is 0 Å². The second-order valence-corrected chi connectivity index (χ2v) is 0. The van der Waals surface area contributed by atoms with E-state index in [0.29, 0.717) is 0 Å². The maximum absolute atomic E-state index is 0. The molecular weight excluding hydrogens is 300 g/mol. The second kappa shape index (κ2) is 18.1. The molecule has 4 heavy (non-hydrogen) atoms. The van der Waals surface area contributed by atoms with E-state index in [1.807, 2.05) is 0 Å². The van der Waals surface area contributed by atoms with Gasteiger partial charge in [0.05, 0.1) is 0 Å². The summed E-state index contributed by atoms with van der Waals surface area (Å²) >= 11 is 0. The van der Waals surface area contributed by atoms with Gasteiger partial charge in [0.15, 0.2) is 0 Å². The van der Waals surface area contributed by atoms with E-state index < -0.39 is 0 Å². The molecule has 0 unspecified atom stereocenters. The van der Waals surface area contributed by atoms with Crippen LogP contribution in [0.3, 0.4) is 0 Å². The average molecular weight is 300 g/mol. The predicted molar refractivity (Wildman–Crippen MR) is 0 cm³/mol. The van der Waals surface area contributed by atoms with Gasteiger partial charge in [-0.2, -0.15) is 0 Å². The molecule has 0 saturated carbocycles. The Morgan fingerprint density at radius 3 is 0.750 bits per heavy atom. The number of rotatable bonds is 0. The molecule has 0 aromatic heterocycles. The Labute approximate surface area is 75.1 Å². The Bertz CT molecular complexity index is 6.00. The van der Waals surface area contributed by atoms with Crippen LogP contribution in [0, 0.1) is 0 Å². The zero-order chi connectivity index (χ0) is 0. The Kier molecular flexibility index (Phi) is 147. The van der Waals surface area contributed by atoms with Crippen LogP contribution in [0.5, 0.6) is 0 Å². The molecule has 3 radical (unpaired) electrons. The molecule has 0 fully saturated rings. The first-order valence-corrected chi connectivity index (χ1v) is 0. The molecule has 0 aromatic carbocycles. The van der Waals surface area contributed by atoms with Gasteiger partial charge in [0.1, 0.15) is 0 Å². The van der Waals surface area contributed by atoms with Crippen LogP contribution in [-0.4, -0.2) is 0 Å². The van der Waals surface area contributed by atoms with Crippen molar-refractivity contribution < 1.29 is 76.0 Å². The van der Waals surface area contributed by atoms with Gasteiger partial charge in [-0.3, -0.25) is 0 Å². The first kappa shape index (κ1) is 32.4. The monoisotopic (exact) mass is 297 g/mol. The third-order valence-corrected chi connectivity index (χ3v) is 0. The molecule has 0 saturated heterocycles. The quantitative estimate of drug-likeness (QED) is 0.552. The molecule has 0 aromatic rings. The number of hydrogen-bond acceptors (Lipinski definition) is 0. The molecule has 0 atom stereocenters. The fraction of sp³-hybridized carbons (Fsp3) is 0. The van der Waals surface area contributed by atoms with Crippen molar-refractivity contribution >= 4 is 0 Å². The van der Waals surface area contributed by atoms with E-state index in [2.05, 4.69) is 0 Å². The van der Waals surface area contributed by atoms with Crippen molar-refractivity contribution in [3.05, 3.63) is 0 Å². The van der Waals surface area contributed by atoms with Crippen LogP contribution in [0.1, 0.15) is 0 Å². The summed E-state index contributed by atoms with van der Waals surface area (Å²) in [6, 6.07) is 0. The van der Waals surface area contributed by atoms with Gasteiger partial charge in [0.2, 0.25) is 0 Å². The van der Waals surface area contributed by atoms with Gasteiger partial charge in [-0.25, -0.2) is 0 Å². The zero-order valence-corrected chi connectivity index (χ0v) is 7.94. The summed E-state index contributed by atoms with van der Waals surface area (Å²) in [5.41, 5.74) is 0. The summed E-state index contributed by atoms with van der Waals surface area (Å²) < 4.78 is 0. The first-order chi connectivity index (χ1) is 0. The van der Waals surface area contributed by atoms with Crippen molar-refractivity contribution in [3.63, 3.8) is 0 Å². The molecule has 4 heteroatoms. The van der Waals surface area contributed by atoms with Gasteiger partial charge in [0, 0.05) is 76.0 Å². The minimum absolute atomic E-state index is 0. The molecule has 0 N–H and O–H groups in total. The van der Waals surface area contributed by atoms with Crippen molar-refractivity contribution in [2.45, 2.75) is 0 Å². The zero-order valence-electron chi connectivity index (χ0n) is 1.61. The summed E-state index contributed by atoms with van der Waals surface area (Å²) in [7, 11) is 0. The Morgan fingerprint density at radius 2 is 0.750 bits per heavy atom. The first-order valence-electron chi connectivity index (χ1n) is 0. The molecule has 0 aliphatic heterocycles. The Balaban J connectivity index is 0. The van der Waals surface area contributed by atoms with E-state index in [-0.39, 0.29) is 76.0 Å². The van der Waals surface area contributed by atoms with Gasteiger partial charge in [-0.05, 0) is 0 Å². The van der Waals surface area contributed by atoms with Crippen molar-refractivity contribution in [2.75, 3.05) is 0 Å². The van der Waals surface area contributed by atoms with Gasteiger partial charge in [-0.1, -0.05) is 0 Å². The van der Waals surface area contributed by atoms with Crippen molar-refractivity contribution in [3.8, 4) is 0 Å². The minimum atomic E-state index is 0. The molecule has 0 aliphatic rings. The SMILES string of the molecule is [Ag].[Cu].[Cu].[Zn]. The molecule has 0 spiro atoms. The van der Waals surface area contributed by atoms with Gasteiger partial charge in [-0.15, -0.1) is 0 Å². The van der Waals surface area contributed by atoms with E-state index in [1.54, 1.807) is 0 Å². The van der Waals surface area contributed by atoms with E-state index in [9.17, 15) is 0 Å². The summed E-state index contributed by atoms with van der Waals surface area (Å²) in [4.78, 5) is 0. The molecule has 0 rings (SSSR count). The van der Waals surface area contributed by atoms with Crippen LogP contribution >= 0.6 is 0 Å². The van der Waals surface area contributed by atoms with E-state index in [4.69, 9.17) is 0 Å². The Hall–Kier alpha value is 2.40. The summed E-state index contributed by atoms with van der Waals surface area (Å²) in [6.45, 7) is 0. The van der Waals surface area contributed by atoms with Crippen LogP contribution in [0.2, 0.25) is 0 Å². The minimum Gasteiger partial charge on any atom is 0 e. The summed E-state index contributed by atoms with van der Waals surface area (Å²) in [6.07, 6.45) is 0. The predicted octanol–water partition coefficient (Wildman–Crippen LogP) is -0.0100. The maximum Gasteiger partial charge on any atom is 0 e. The standard InChI is InChI=1S/Ag.2Cu.Zn. The van der Waals surface area contributed by atoms with E-state index in [1.165, 1.54) is 0 Å². The van der Waals surface area contributed by atoms with Crippen LogP contribution in [-0.2, 0) is 76.0 Å². The van der Waals surface area contributed by atoms with Crippen molar-refractivity contribution in [1.82, 2.24) is 0 Å². The normalized spacial score (nSPS) is 0. The summed E-state index contributed by atoms with van der Waals surface area (Å²) in [5.74, 6) is 0. The second-order valence-electron chi connectivity index (χ2n) is 0. The van der Waals surface area contributed by atoms with Crippen molar-refractivity contribution in [1.29, 1.82) is 0 Å². The fourth-order valence-electron chi connectivity index (χ4n) is 0. The van der Waals surface area contributed by atoms with Crippen LogP contribution in [0.15, 0.2) is 0 Å². The third-order valence-electron chi connectivity index (χ3n) is 0. The molecular formula is AgCu2Zn. The molecule has 0 bridgehead atoms. The van der Waals surface area contributed by atoms with E-state index >= 15 is 0 Å².